The largest absolute Gasteiger partial charge is 0.323 e. The predicted octanol–water partition coefficient (Wildman–Crippen LogP) is 1.66. The summed E-state index contributed by atoms with van der Waals surface area (Å²) < 4.78 is 0. The molecule has 1 rings (SSSR count). The molecule has 1 aliphatic heterocycles. The molecule has 1 saturated heterocycles. The van der Waals surface area contributed by atoms with Crippen LogP contribution >= 0.6 is 0 Å². The second-order valence-electron chi connectivity index (χ2n) is 5.91. The molecule has 0 saturated carbocycles. The highest BCUT2D eigenvalue weighted by Crippen LogP contribution is 2.27. The van der Waals surface area contributed by atoms with Gasteiger partial charge in [0.2, 0.25) is 5.91 Å². The van der Waals surface area contributed by atoms with Crippen molar-refractivity contribution in [2.24, 2.45) is 0 Å². The molecule has 4 nitrogen and oxygen atoms in total. The zero-order valence-electron chi connectivity index (χ0n) is 12.8. The minimum atomic E-state index is -0.368. The van der Waals surface area contributed by atoms with Crippen molar-refractivity contribution in [3.05, 3.63) is 0 Å². The number of nitrogens with one attached hydrogen (secondary N) is 1. The molecule has 18 heavy (non-hydrogen) atoms. The summed E-state index contributed by atoms with van der Waals surface area (Å²) >= 11 is 0. The van der Waals surface area contributed by atoms with Crippen molar-refractivity contribution in [3.8, 4) is 0 Å². The fraction of sp³-hybridized carbons (Fsp3) is 0.929. The van der Waals surface area contributed by atoms with Gasteiger partial charge in [0.05, 0.1) is 11.7 Å². The van der Waals surface area contributed by atoms with Crippen LogP contribution in [0.1, 0.15) is 47.0 Å². The van der Waals surface area contributed by atoms with Gasteiger partial charge in [-0.3, -0.25) is 10.1 Å². The average molecular weight is 255 g/mol. The van der Waals surface area contributed by atoms with Crippen LogP contribution in [0.5, 0.6) is 0 Å². The SMILES string of the molecule is CCC1NC(C)(CC)C(=O)N1C(C)CCN(C)C. The van der Waals surface area contributed by atoms with E-state index >= 15 is 0 Å². The molecule has 106 valence electrons. The first-order valence-corrected chi connectivity index (χ1v) is 7.11. The first kappa shape index (κ1) is 15.4. The normalized spacial score (nSPS) is 30.3. The molecule has 0 aliphatic carbocycles. The van der Waals surface area contributed by atoms with Crippen molar-refractivity contribution in [1.82, 2.24) is 15.1 Å². The number of rotatable bonds is 6. The molecule has 0 spiro atoms. The summed E-state index contributed by atoms with van der Waals surface area (Å²) in [5, 5.41) is 3.50. The van der Waals surface area contributed by atoms with Gasteiger partial charge in [0.1, 0.15) is 0 Å². The summed E-state index contributed by atoms with van der Waals surface area (Å²) in [7, 11) is 4.15. The number of hydrogen-bond acceptors (Lipinski definition) is 3. The van der Waals surface area contributed by atoms with Crippen molar-refractivity contribution < 1.29 is 4.79 Å². The molecule has 1 aliphatic rings. The second-order valence-corrected chi connectivity index (χ2v) is 5.91. The van der Waals surface area contributed by atoms with Gasteiger partial charge in [0, 0.05) is 6.04 Å². The van der Waals surface area contributed by atoms with Gasteiger partial charge < -0.3 is 9.80 Å². The lowest BCUT2D eigenvalue weighted by Gasteiger charge is -2.30. The maximum atomic E-state index is 12.6. The molecule has 4 heteroatoms. The molecule has 1 N–H and O–H groups in total. The minimum Gasteiger partial charge on any atom is -0.323 e. The van der Waals surface area contributed by atoms with Crippen molar-refractivity contribution in [2.45, 2.75) is 64.7 Å². The van der Waals surface area contributed by atoms with Crippen LogP contribution in [0.3, 0.4) is 0 Å². The Balaban J connectivity index is 2.75. The van der Waals surface area contributed by atoms with E-state index in [1.807, 2.05) is 6.92 Å². The topological polar surface area (TPSA) is 35.6 Å². The Morgan fingerprint density at radius 3 is 2.50 bits per heavy atom. The molecule has 0 aromatic heterocycles. The van der Waals surface area contributed by atoms with Gasteiger partial charge >= 0.3 is 0 Å². The zero-order chi connectivity index (χ0) is 13.9. The van der Waals surface area contributed by atoms with E-state index < -0.39 is 0 Å². The van der Waals surface area contributed by atoms with Crippen LogP contribution in [-0.2, 0) is 4.79 Å². The van der Waals surface area contributed by atoms with Crippen molar-refractivity contribution in [3.63, 3.8) is 0 Å². The van der Waals surface area contributed by atoms with Crippen molar-refractivity contribution >= 4 is 5.91 Å². The fourth-order valence-corrected chi connectivity index (χ4v) is 2.57. The summed E-state index contributed by atoms with van der Waals surface area (Å²) in [5.41, 5.74) is -0.368. The summed E-state index contributed by atoms with van der Waals surface area (Å²) in [6.07, 6.45) is 3.03. The van der Waals surface area contributed by atoms with Crippen molar-refractivity contribution in [1.29, 1.82) is 0 Å². The molecular formula is C14H29N3O. The van der Waals surface area contributed by atoms with Crippen LogP contribution in [0.4, 0.5) is 0 Å². The molecule has 0 bridgehead atoms. The standard InChI is InChI=1S/C14H29N3O/c1-7-12-15-14(4,8-2)13(18)17(12)11(3)9-10-16(5)6/h11-12,15H,7-10H2,1-6H3. The van der Waals surface area contributed by atoms with Crippen LogP contribution in [0.15, 0.2) is 0 Å². The molecule has 0 aromatic rings. The van der Waals surface area contributed by atoms with Gasteiger partial charge in [-0.25, -0.2) is 0 Å². The van der Waals surface area contributed by atoms with E-state index in [0.717, 1.165) is 25.8 Å². The molecule has 1 heterocycles. The Hall–Kier alpha value is -0.610. The Morgan fingerprint density at radius 2 is 2.06 bits per heavy atom. The Labute approximate surface area is 112 Å². The van der Waals surface area contributed by atoms with Crippen molar-refractivity contribution in [2.75, 3.05) is 20.6 Å². The van der Waals surface area contributed by atoms with Crippen LogP contribution in [0, 0.1) is 0 Å². The fourth-order valence-electron chi connectivity index (χ4n) is 2.57. The third-order valence-electron chi connectivity index (χ3n) is 4.09. The molecule has 3 unspecified atom stereocenters. The smallest absolute Gasteiger partial charge is 0.244 e. The molecule has 1 fully saturated rings. The highest BCUT2D eigenvalue weighted by Gasteiger charge is 2.47. The second kappa shape index (κ2) is 6.02. The average Bonchev–Trinajstić information content (AvgIpc) is 2.59. The first-order valence-electron chi connectivity index (χ1n) is 7.11. The van der Waals surface area contributed by atoms with E-state index in [9.17, 15) is 4.79 Å². The maximum absolute atomic E-state index is 12.6. The van der Waals surface area contributed by atoms with Crippen LogP contribution in [0.2, 0.25) is 0 Å². The summed E-state index contributed by atoms with van der Waals surface area (Å²) in [4.78, 5) is 16.8. The van der Waals surface area contributed by atoms with Crippen LogP contribution < -0.4 is 5.32 Å². The molecule has 0 radical (unpaired) electrons. The summed E-state index contributed by atoms with van der Waals surface area (Å²) in [5.74, 6) is 0.267. The molecular weight excluding hydrogens is 226 g/mol. The van der Waals surface area contributed by atoms with Gasteiger partial charge in [-0.15, -0.1) is 0 Å². The van der Waals surface area contributed by atoms with Gasteiger partial charge in [-0.05, 0) is 53.8 Å². The van der Waals surface area contributed by atoms with Gasteiger partial charge in [-0.2, -0.15) is 0 Å². The van der Waals surface area contributed by atoms with E-state index in [4.69, 9.17) is 0 Å². The Bertz CT molecular complexity index is 293. The van der Waals surface area contributed by atoms with E-state index in [0.29, 0.717) is 6.04 Å². The maximum Gasteiger partial charge on any atom is 0.244 e. The summed E-state index contributed by atoms with van der Waals surface area (Å²) in [6, 6.07) is 0.297. The van der Waals surface area contributed by atoms with E-state index in [1.165, 1.54) is 0 Å². The van der Waals surface area contributed by atoms with Gasteiger partial charge in [0.25, 0.3) is 0 Å². The molecule has 0 aromatic carbocycles. The van der Waals surface area contributed by atoms with E-state index in [2.05, 4.69) is 50.0 Å². The monoisotopic (exact) mass is 255 g/mol. The lowest BCUT2D eigenvalue weighted by molar-refractivity contribution is -0.135. The first-order chi connectivity index (χ1) is 8.35. The van der Waals surface area contributed by atoms with Crippen LogP contribution in [0.25, 0.3) is 0 Å². The molecule has 3 atom stereocenters. The van der Waals surface area contributed by atoms with E-state index in [1.54, 1.807) is 0 Å². The number of hydrogen-bond donors (Lipinski definition) is 1. The highest BCUT2D eigenvalue weighted by molar-refractivity contribution is 5.88. The highest BCUT2D eigenvalue weighted by atomic mass is 16.2. The quantitative estimate of drug-likeness (QED) is 0.784. The lowest BCUT2D eigenvalue weighted by atomic mass is 9.99. The number of amides is 1. The van der Waals surface area contributed by atoms with Gasteiger partial charge in [0.15, 0.2) is 0 Å². The zero-order valence-corrected chi connectivity index (χ0v) is 12.8. The number of carbonyl (C=O) groups excluding carboxylic acids is 1. The number of nitrogens with zero attached hydrogens (tertiary/aromatic N) is 2. The van der Waals surface area contributed by atoms with E-state index in [-0.39, 0.29) is 17.6 Å². The minimum absolute atomic E-state index is 0.194. The van der Waals surface area contributed by atoms with Gasteiger partial charge in [-0.1, -0.05) is 13.8 Å². The predicted molar refractivity (Wildman–Crippen MR) is 75.4 cm³/mol. The third-order valence-corrected chi connectivity index (χ3v) is 4.09. The Kier molecular flexibility index (Phi) is 5.17. The van der Waals surface area contributed by atoms with Crippen LogP contribution in [-0.4, -0.2) is 54.1 Å². The summed E-state index contributed by atoms with van der Waals surface area (Å²) in [6.45, 7) is 9.41. The number of carbonyl (C=O) groups is 1. The third kappa shape index (κ3) is 3.04. The Morgan fingerprint density at radius 1 is 1.44 bits per heavy atom. The lowest BCUT2D eigenvalue weighted by Crippen LogP contribution is -2.45. The molecule has 1 amide bonds.